The summed E-state index contributed by atoms with van der Waals surface area (Å²) in [6, 6.07) is 13.5. The van der Waals surface area contributed by atoms with E-state index in [1.54, 1.807) is 13.8 Å². The van der Waals surface area contributed by atoms with Gasteiger partial charge in [0.15, 0.2) is 11.5 Å². The fourth-order valence-electron chi connectivity index (χ4n) is 3.43. The number of ether oxygens (including phenoxy) is 4. The van der Waals surface area contributed by atoms with Crippen LogP contribution in [0, 0.1) is 13.8 Å². The molecule has 31 heavy (non-hydrogen) atoms. The van der Waals surface area contributed by atoms with Crippen LogP contribution in [0.2, 0.25) is 0 Å². The lowest BCUT2D eigenvalue weighted by atomic mass is 10.1. The number of aryl methyl sites for hydroxylation is 1. The number of carbonyl (C=O) groups is 2. The normalized spacial score (nSPS) is 12.0. The van der Waals surface area contributed by atoms with Crippen molar-refractivity contribution >= 4 is 11.9 Å². The number of hydrogen-bond donors (Lipinski definition) is 1. The van der Waals surface area contributed by atoms with E-state index in [-0.39, 0.29) is 40.7 Å². The standard InChI is InChI=1S/C24H20O7/c1-13-9-16(25)10-19-20(13)24(27)31-21-14(2)18(28-3)11-17(22(21)30-19)23(26)29-12-15-7-5-4-6-8-15/h4-11,25H,12H2,1-3H3. The molecule has 0 unspecified atom stereocenters. The molecule has 1 aliphatic heterocycles. The average molecular weight is 420 g/mol. The summed E-state index contributed by atoms with van der Waals surface area (Å²) in [5.74, 6) is -0.901. The molecule has 0 atom stereocenters. The second kappa shape index (κ2) is 8.02. The number of phenolic OH excluding ortho intramolecular Hbond substituents is 1. The Morgan fingerprint density at radius 1 is 1.03 bits per heavy atom. The van der Waals surface area contributed by atoms with Gasteiger partial charge >= 0.3 is 11.9 Å². The van der Waals surface area contributed by atoms with Crippen LogP contribution in [0.25, 0.3) is 0 Å². The van der Waals surface area contributed by atoms with Crippen molar-refractivity contribution in [1.82, 2.24) is 0 Å². The lowest BCUT2D eigenvalue weighted by molar-refractivity contribution is 0.0467. The molecule has 0 bridgehead atoms. The third-order valence-corrected chi connectivity index (χ3v) is 4.98. The topological polar surface area (TPSA) is 91.3 Å². The number of carbonyl (C=O) groups excluding carboxylic acids is 2. The van der Waals surface area contributed by atoms with Crippen molar-refractivity contribution in [2.24, 2.45) is 0 Å². The molecule has 0 aromatic heterocycles. The van der Waals surface area contributed by atoms with E-state index in [4.69, 9.17) is 18.9 Å². The number of rotatable bonds is 4. The molecule has 7 heteroatoms. The molecular formula is C24H20O7. The molecule has 3 aromatic rings. The van der Waals surface area contributed by atoms with Crippen LogP contribution in [0.5, 0.6) is 28.7 Å². The highest BCUT2D eigenvalue weighted by atomic mass is 16.6. The number of fused-ring (bicyclic) bond motifs is 2. The van der Waals surface area contributed by atoms with Crippen molar-refractivity contribution in [3.8, 4) is 28.7 Å². The molecule has 0 spiro atoms. The van der Waals surface area contributed by atoms with Crippen LogP contribution in [0.15, 0.2) is 48.5 Å². The molecule has 0 amide bonds. The average Bonchev–Trinajstić information content (AvgIpc) is 2.89. The molecule has 0 saturated heterocycles. The van der Waals surface area contributed by atoms with Crippen LogP contribution in [-0.4, -0.2) is 24.2 Å². The third-order valence-electron chi connectivity index (χ3n) is 4.98. The van der Waals surface area contributed by atoms with E-state index >= 15 is 0 Å². The number of benzene rings is 3. The van der Waals surface area contributed by atoms with Gasteiger partial charge in [-0.3, -0.25) is 0 Å². The van der Waals surface area contributed by atoms with Gasteiger partial charge in [-0.05, 0) is 37.1 Å². The second-order valence-corrected chi connectivity index (χ2v) is 7.10. The van der Waals surface area contributed by atoms with Gasteiger partial charge in [0.2, 0.25) is 0 Å². The monoisotopic (exact) mass is 420 g/mol. The highest BCUT2D eigenvalue weighted by Crippen LogP contribution is 2.47. The first kappa shape index (κ1) is 20.3. The first-order valence-electron chi connectivity index (χ1n) is 9.55. The first-order valence-corrected chi connectivity index (χ1v) is 9.55. The maximum Gasteiger partial charge on any atom is 0.347 e. The van der Waals surface area contributed by atoms with Crippen molar-refractivity contribution in [2.75, 3.05) is 7.11 Å². The predicted molar refractivity (Wildman–Crippen MR) is 111 cm³/mol. The summed E-state index contributed by atoms with van der Waals surface area (Å²) < 4.78 is 22.4. The largest absolute Gasteiger partial charge is 0.508 e. The molecular weight excluding hydrogens is 400 g/mol. The van der Waals surface area contributed by atoms with Gasteiger partial charge in [0.05, 0.1) is 7.11 Å². The summed E-state index contributed by atoms with van der Waals surface area (Å²) >= 11 is 0. The number of hydrogen-bond acceptors (Lipinski definition) is 7. The fraction of sp³-hybridized carbons (Fsp3) is 0.167. The maximum absolute atomic E-state index is 13.0. The lowest BCUT2D eigenvalue weighted by Crippen LogP contribution is -2.11. The Kier molecular flexibility index (Phi) is 5.25. The molecule has 0 saturated carbocycles. The molecule has 1 aliphatic rings. The molecule has 3 aromatic carbocycles. The highest BCUT2D eigenvalue weighted by molar-refractivity contribution is 6.00. The molecule has 158 valence electrons. The van der Waals surface area contributed by atoms with Gasteiger partial charge in [-0.1, -0.05) is 30.3 Å². The van der Waals surface area contributed by atoms with Gasteiger partial charge in [0.25, 0.3) is 0 Å². The minimum Gasteiger partial charge on any atom is -0.508 e. The lowest BCUT2D eigenvalue weighted by Gasteiger charge is -2.16. The van der Waals surface area contributed by atoms with Crippen LogP contribution < -0.4 is 14.2 Å². The fourth-order valence-corrected chi connectivity index (χ4v) is 3.43. The van der Waals surface area contributed by atoms with E-state index in [0.717, 1.165) is 5.56 Å². The zero-order valence-electron chi connectivity index (χ0n) is 17.2. The van der Waals surface area contributed by atoms with E-state index in [1.807, 2.05) is 30.3 Å². The first-order chi connectivity index (χ1) is 14.9. The SMILES string of the molecule is COc1cc(C(=O)OCc2ccccc2)c2c(c1C)OC(=O)c1c(C)cc(O)cc1O2. The van der Waals surface area contributed by atoms with Crippen LogP contribution in [0.4, 0.5) is 0 Å². The third kappa shape index (κ3) is 3.77. The Bertz CT molecular complexity index is 1180. The molecule has 4 rings (SSSR count). The Hall–Kier alpha value is -4.00. The quantitative estimate of drug-likeness (QED) is 0.483. The summed E-state index contributed by atoms with van der Waals surface area (Å²) in [6.45, 7) is 3.40. The van der Waals surface area contributed by atoms with Crippen LogP contribution in [-0.2, 0) is 11.3 Å². The smallest absolute Gasteiger partial charge is 0.347 e. The summed E-state index contributed by atoms with van der Waals surface area (Å²) in [6.07, 6.45) is 0. The van der Waals surface area contributed by atoms with Crippen molar-refractivity contribution in [1.29, 1.82) is 0 Å². The van der Waals surface area contributed by atoms with Crippen molar-refractivity contribution in [3.63, 3.8) is 0 Å². The van der Waals surface area contributed by atoms with Gasteiger partial charge in [0, 0.05) is 11.6 Å². The molecule has 0 fully saturated rings. The van der Waals surface area contributed by atoms with Crippen molar-refractivity contribution < 1.29 is 33.6 Å². The number of phenols is 1. The van der Waals surface area contributed by atoms with Gasteiger partial charge in [0.1, 0.15) is 35.0 Å². The Labute approximate surface area is 178 Å². The van der Waals surface area contributed by atoms with E-state index in [1.165, 1.54) is 25.3 Å². The number of methoxy groups -OCH3 is 1. The Morgan fingerprint density at radius 2 is 1.77 bits per heavy atom. The molecule has 1 N–H and O–H groups in total. The van der Waals surface area contributed by atoms with Crippen molar-refractivity contribution in [2.45, 2.75) is 20.5 Å². The second-order valence-electron chi connectivity index (χ2n) is 7.10. The number of aromatic hydroxyl groups is 1. The van der Waals surface area contributed by atoms with Crippen LogP contribution in [0.1, 0.15) is 37.4 Å². The zero-order chi connectivity index (χ0) is 22.1. The van der Waals surface area contributed by atoms with Gasteiger partial charge < -0.3 is 24.1 Å². The van der Waals surface area contributed by atoms with E-state index in [9.17, 15) is 14.7 Å². The summed E-state index contributed by atoms with van der Waals surface area (Å²) in [5, 5.41) is 9.98. The summed E-state index contributed by atoms with van der Waals surface area (Å²) in [5.41, 5.74) is 1.98. The Morgan fingerprint density at radius 3 is 2.48 bits per heavy atom. The zero-order valence-corrected chi connectivity index (χ0v) is 17.2. The number of esters is 2. The van der Waals surface area contributed by atoms with Crippen LogP contribution in [0.3, 0.4) is 0 Å². The van der Waals surface area contributed by atoms with E-state index in [2.05, 4.69) is 0 Å². The van der Waals surface area contributed by atoms with Crippen LogP contribution >= 0.6 is 0 Å². The summed E-state index contributed by atoms with van der Waals surface area (Å²) in [7, 11) is 1.45. The molecule has 1 heterocycles. The predicted octanol–water partition coefficient (Wildman–Crippen LogP) is 4.70. The molecule has 0 radical (unpaired) electrons. The van der Waals surface area contributed by atoms with Crippen molar-refractivity contribution in [3.05, 3.63) is 76.3 Å². The minimum atomic E-state index is -0.672. The minimum absolute atomic E-state index is 0.0217. The highest BCUT2D eigenvalue weighted by Gasteiger charge is 2.32. The van der Waals surface area contributed by atoms with E-state index in [0.29, 0.717) is 16.9 Å². The summed E-state index contributed by atoms with van der Waals surface area (Å²) in [4.78, 5) is 25.8. The molecule has 7 nitrogen and oxygen atoms in total. The van der Waals surface area contributed by atoms with Gasteiger partial charge in [-0.15, -0.1) is 0 Å². The van der Waals surface area contributed by atoms with Gasteiger partial charge in [-0.25, -0.2) is 9.59 Å². The maximum atomic E-state index is 13.0. The van der Waals surface area contributed by atoms with Gasteiger partial charge in [-0.2, -0.15) is 0 Å². The molecule has 0 aliphatic carbocycles. The van der Waals surface area contributed by atoms with E-state index < -0.39 is 11.9 Å². The Balaban J connectivity index is 1.80.